The van der Waals surface area contributed by atoms with Gasteiger partial charge in [-0.1, -0.05) is 0 Å². The lowest BCUT2D eigenvalue weighted by Crippen LogP contribution is -2.29. The van der Waals surface area contributed by atoms with Crippen molar-refractivity contribution in [2.24, 2.45) is 0 Å². The van der Waals surface area contributed by atoms with Gasteiger partial charge >= 0.3 is 6.41 Å². The van der Waals surface area contributed by atoms with Crippen molar-refractivity contribution in [3.8, 4) is 0 Å². The van der Waals surface area contributed by atoms with Crippen LogP contribution in [-0.4, -0.2) is 27.8 Å². The fraction of sp³-hybridized carbons (Fsp3) is 0.429. The van der Waals surface area contributed by atoms with E-state index in [2.05, 4.69) is 9.97 Å². The molecule has 1 aromatic heterocycles. The van der Waals surface area contributed by atoms with E-state index in [1.807, 2.05) is 6.41 Å². The van der Waals surface area contributed by atoms with Gasteiger partial charge in [0.05, 0.1) is 18.6 Å². The fourth-order valence-electron chi connectivity index (χ4n) is 1.29. The zero-order valence-corrected chi connectivity index (χ0v) is 6.00. The maximum atomic E-state index is 10.3. The van der Waals surface area contributed by atoms with Gasteiger partial charge in [0, 0.05) is 18.7 Å². The predicted molar refractivity (Wildman–Crippen MR) is 38.4 cm³/mol. The summed E-state index contributed by atoms with van der Waals surface area (Å²) in [6, 6.07) is 0. The summed E-state index contributed by atoms with van der Waals surface area (Å²) in [5, 5.41) is 0. The van der Waals surface area contributed by atoms with Gasteiger partial charge in [-0.25, -0.2) is 4.98 Å². The zero-order chi connectivity index (χ0) is 7.68. The summed E-state index contributed by atoms with van der Waals surface area (Å²) < 4.78 is 0. The van der Waals surface area contributed by atoms with Gasteiger partial charge in [-0.3, -0.25) is 4.79 Å². The Morgan fingerprint density at radius 3 is 3.45 bits per heavy atom. The summed E-state index contributed by atoms with van der Waals surface area (Å²) in [5.74, 6) is 0. The first kappa shape index (κ1) is 6.39. The Morgan fingerprint density at radius 2 is 2.64 bits per heavy atom. The maximum Gasteiger partial charge on any atom is 0.312 e. The van der Waals surface area contributed by atoms with Crippen LogP contribution in [0.15, 0.2) is 6.33 Å². The van der Waals surface area contributed by atoms with Gasteiger partial charge in [-0.2, -0.15) is 0 Å². The molecule has 57 valence electrons. The number of nitrogens with one attached hydrogen (secondary N) is 1. The van der Waals surface area contributed by atoms with Crippen molar-refractivity contribution in [2.75, 3.05) is 6.54 Å². The molecule has 2 rings (SSSR count). The molecule has 0 aromatic carbocycles. The highest BCUT2D eigenvalue weighted by atomic mass is 16.1. The monoisotopic (exact) mass is 150 g/mol. The van der Waals surface area contributed by atoms with E-state index in [1.54, 1.807) is 11.2 Å². The van der Waals surface area contributed by atoms with E-state index in [-0.39, 0.29) is 0 Å². The van der Waals surface area contributed by atoms with Crippen LogP contribution in [-0.2, 0) is 17.8 Å². The second-order valence-corrected chi connectivity index (χ2v) is 2.59. The molecule has 0 saturated heterocycles. The molecular weight excluding hydrogens is 142 g/mol. The van der Waals surface area contributed by atoms with Crippen molar-refractivity contribution in [2.45, 2.75) is 13.0 Å². The van der Waals surface area contributed by atoms with Gasteiger partial charge < -0.3 is 9.88 Å². The third kappa shape index (κ3) is 1.00. The molecule has 4 nitrogen and oxygen atoms in total. The van der Waals surface area contributed by atoms with Crippen molar-refractivity contribution in [3.05, 3.63) is 17.7 Å². The van der Waals surface area contributed by atoms with Crippen molar-refractivity contribution in [3.63, 3.8) is 0 Å². The summed E-state index contributed by atoms with van der Waals surface area (Å²) in [5.41, 5.74) is 2.12. The largest absolute Gasteiger partial charge is 0.348 e. The molecule has 1 N–H and O–H groups in total. The second-order valence-electron chi connectivity index (χ2n) is 2.59. The SMILES string of the molecule is O=[C]N1CCc2[nH]cnc2C1. The minimum Gasteiger partial charge on any atom is -0.348 e. The minimum atomic E-state index is 0.600. The number of aromatic amines is 1. The fourth-order valence-corrected chi connectivity index (χ4v) is 1.29. The van der Waals surface area contributed by atoms with Gasteiger partial charge in [0.2, 0.25) is 0 Å². The molecule has 0 spiro atoms. The van der Waals surface area contributed by atoms with E-state index < -0.39 is 0 Å². The molecule has 11 heavy (non-hydrogen) atoms. The average Bonchev–Trinajstić information content (AvgIpc) is 2.50. The van der Waals surface area contributed by atoms with Gasteiger partial charge in [0.1, 0.15) is 0 Å². The van der Waals surface area contributed by atoms with Crippen LogP contribution in [0.3, 0.4) is 0 Å². The van der Waals surface area contributed by atoms with Crippen molar-refractivity contribution in [1.29, 1.82) is 0 Å². The molecular formula is C7H8N3O. The molecule has 1 amide bonds. The first-order valence-corrected chi connectivity index (χ1v) is 3.54. The number of H-pyrrole nitrogens is 1. The van der Waals surface area contributed by atoms with E-state index in [9.17, 15) is 4.79 Å². The van der Waals surface area contributed by atoms with Crippen LogP contribution in [0, 0.1) is 0 Å². The van der Waals surface area contributed by atoms with Crippen LogP contribution in [0.2, 0.25) is 0 Å². The van der Waals surface area contributed by atoms with Crippen molar-refractivity contribution in [1.82, 2.24) is 14.9 Å². The highest BCUT2D eigenvalue weighted by molar-refractivity contribution is 5.49. The topological polar surface area (TPSA) is 49.0 Å². The summed E-state index contributed by atoms with van der Waals surface area (Å²) in [6.07, 6.45) is 4.40. The van der Waals surface area contributed by atoms with E-state index >= 15 is 0 Å². The van der Waals surface area contributed by atoms with Crippen LogP contribution < -0.4 is 0 Å². The van der Waals surface area contributed by atoms with Gasteiger partial charge in [0.15, 0.2) is 0 Å². The number of imidazole rings is 1. The van der Waals surface area contributed by atoms with Gasteiger partial charge in [-0.15, -0.1) is 0 Å². The number of hydrogen-bond acceptors (Lipinski definition) is 2. The lowest BCUT2D eigenvalue weighted by atomic mass is 10.2. The molecule has 0 saturated carbocycles. The second kappa shape index (κ2) is 2.38. The molecule has 1 aliphatic rings. The first-order valence-electron chi connectivity index (χ1n) is 3.54. The first-order chi connectivity index (χ1) is 5.40. The summed E-state index contributed by atoms with van der Waals surface area (Å²) in [7, 11) is 0. The van der Waals surface area contributed by atoms with Crippen LogP contribution in [0.5, 0.6) is 0 Å². The van der Waals surface area contributed by atoms with E-state index in [1.165, 1.54) is 0 Å². The molecule has 0 bridgehead atoms. The molecule has 1 radical (unpaired) electrons. The maximum absolute atomic E-state index is 10.3. The predicted octanol–water partition coefficient (Wildman–Crippen LogP) is -0.165. The number of aromatic nitrogens is 2. The number of amides is 1. The number of hydrogen-bond donors (Lipinski definition) is 1. The number of fused-ring (bicyclic) bond motifs is 1. The Hall–Kier alpha value is -1.32. The molecule has 0 aliphatic carbocycles. The average molecular weight is 150 g/mol. The Morgan fingerprint density at radius 1 is 1.73 bits per heavy atom. The van der Waals surface area contributed by atoms with E-state index in [0.29, 0.717) is 6.54 Å². The quantitative estimate of drug-likeness (QED) is 0.604. The van der Waals surface area contributed by atoms with Crippen LogP contribution >= 0.6 is 0 Å². The summed E-state index contributed by atoms with van der Waals surface area (Å²) >= 11 is 0. The van der Waals surface area contributed by atoms with Crippen LogP contribution in [0.1, 0.15) is 11.4 Å². The van der Waals surface area contributed by atoms with Crippen LogP contribution in [0.4, 0.5) is 0 Å². The molecule has 0 fully saturated rings. The Bertz CT molecular complexity index is 268. The normalized spacial score (nSPS) is 16.2. The third-order valence-electron chi connectivity index (χ3n) is 1.91. The Kier molecular flexibility index (Phi) is 1.38. The molecule has 2 heterocycles. The lowest BCUT2D eigenvalue weighted by molar-refractivity contribution is 0.355. The molecule has 4 heteroatoms. The molecule has 1 aliphatic heterocycles. The minimum absolute atomic E-state index is 0.600. The number of carbonyl (C=O) groups excluding carboxylic acids is 1. The highest BCUT2D eigenvalue weighted by Gasteiger charge is 2.16. The standard InChI is InChI=1S/C7H8N3O/c11-5-10-2-1-6-7(3-10)9-4-8-6/h4H,1-3H2,(H,8,9). The van der Waals surface area contributed by atoms with Gasteiger partial charge in [-0.05, 0) is 0 Å². The third-order valence-corrected chi connectivity index (χ3v) is 1.91. The molecule has 0 unspecified atom stereocenters. The van der Waals surface area contributed by atoms with Crippen molar-refractivity contribution >= 4 is 6.41 Å². The number of nitrogens with zero attached hydrogens (tertiary/aromatic N) is 2. The van der Waals surface area contributed by atoms with Crippen LogP contribution in [0.25, 0.3) is 0 Å². The van der Waals surface area contributed by atoms with E-state index in [4.69, 9.17) is 0 Å². The van der Waals surface area contributed by atoms with Crippen molar-refractivity contribution < 1.29 is 4.79 Å². The van der Waals surface area contributed by atoms with E-state index in [0.717, 1.165) is 24.4 Å². The number of rotatable bonds is 1. The summed E-state index contributed by atoms with van der Waals surface area (Å²) in [4.78, 5) is 19.0. The summed E-state index contributed by atoms with van der Waals surface area (Å²) in [6.45, 7) is 1.35. The zero-order valence-electron chi connectivity index (χ0n) is 6.00. The molecule has 0 atom stereocenters. The highest BCUT2D eigenvalue weighted by Crippen LogP contribution is 2.12. The van der Waals surface area contributed by atoms with Gasteiger partial charge in [0.25, 0.3) is 0 Å². The smallest absolute Gasteiger partial charge is 0.312 e. The molecule has 1 aromatic rings. The Labute approximate surface area is 64.2 Å². The lowest BCUT2D eigenvalue weighted by Gasteiger charge is -2.20. The Balaban J connectivity index is 2.24.